The van der Waals surface area contributed by atoms with Crippen LogP contribution in [0.3, 0.4) is 0 Å². The first-order valence-corrected chi connectivity index (χ1v) is 46.3. The van der Waals surface area contributed by atoms with Crippen LogP contribution in [-0.4, -0.2) is 272 Å². The number of hydrogen-bond acceptors (Lipinski definition) is 45. The highest BCUT2D eigenvalue weighted by molar-refractivity contribution is 7.89. The second kappa shape index (κ2) is 36.0. The molecule has 27 unspecified atom stereocenters. The molecule has 0 aromatic rings. The quantitative estimate of drug-likeness (QED) is 0.0444. The van der Waals surface area contributed by atoms with Gasteiger partial charge >= 0.3 is 83.6 Å². The largest absolute Gasteiger partial charge is 0.469 e. The SMILES string of the molecule is C=C(C)C(=O)OCC(=O)OC1C2CC3C1OS(=O)(=O)C3(C#N)C2.C=C(C)C(=O)OCC(=O)OC1C2CC3C1OS(=O)(=O)C3(C(=O)OC)C2.C=C(C)C(=O)OCC(=O)OC1C2CC3C1OS(=O)(=O)C3C2C#N.C=C(C)C(=O)OCC(=O)OC1C2CC3C1OS(=O)(=O)C3C2C(=O)OC.C=C(C)C(=O)OCC(=O)OC1C2OS(=O)(=O)C3CC1(COC(C)=O)CC23COC(C)=O. The third-order valence-electron chi connectivity index (χ3n) is 25.3. The van der Waals surface area contributed by atoms with Crippen LogP contribution in [0.4, 0.5) is 0 Å². The number of methoxy groups -OCH3 is 2. The highest BCUT2D eigenvalue weighted by Crippen LogP contribution is 2.70. The average Bonchev–Trinajstić information content (AvgIpc) is 1.49. The van der Waals surface area contributed by atoms with Crippen LogP contribution in [0.25, 0.3) is 0 Å². The van der Waals surface area contributed by atoms with E-state index in [0.29, 0.717) is 25.7 Å². The molecule has 0 aromatic carbocycles. The molecule has 15 rings (SSSR count). The lowest BCUT2D eigenvalue weighted by Gasteiger charge is -2.37. The summed E-state index contributed by atoms with van der Waals surface area (Å²) < 4.78 is 215. The first-order chi connectivity index (χ1) is 59.1. The summed E-state index contributed by atoms with van der Waals surface area (Å²) >= 11 is 0. The van der Waals surface area contributed by atoms with Gasteiger partial charge in [-0.05, 0) is 86.0 Å². The molecule has 696 valence electrons. The summed E-state index contributed by atoms with van der Waals surface area (Å²) in [5, 5.41) is 15.7. The number of nitriles is 2. The van der Waals surface area contributed by atoms with Crippen LogP contribution in [0.1, 0.15) is 99.8 Å². The minimum Gasteiger partial charge on any atom is -0.469 e. The van der Waals surface area contributed by atoms with Crippen molar-refractivity contribution in [1.29, 1.82) is 10.5 Å². The second-order valence-corrected chi connectivity index (χ2v) is 42.3. The first kappa shape index (κ1) is 97.4. The number of carbonyl (C=O) groups is 14. The van der Waals surface area contributed by atoms with Crippen LogP contribution in [0.2, 0.25) is 0 Å². The molecule has 0 amide bonds. The van der Waals surface area contributed by atoms with Gasteiger partial charge in [-0.1, -0.05) is 32.9 Å². The van der Waals surface area contributed by atoms with Crippen molar-refractivity contribution in [2.75, 3.05) is 60.5 Å². The summed E-state index contributed by atoms with van der Waals surface area (Å²) in [4.78, 5) is 163. The van der Waals surface area contributed by atoms with Crippen molar-refractivity contribution in [3.8, 4) is 12.1 Å². The predicted molar refractivity (Wildman–Crippen MR) is 409 cm³/mol. The Balaban J connectivity index is 0.000000155. The standard InChI is InChI=1S/C19H24O11S.2C15H18O9S.2C14H15NO7S/c1-10(2)17(23)26-6-14(22)29-15-16-19(9-28-12(4)21)7-18(15,8-27-11(3)20)5-13(19)31(24,25)30-16;1-7(2)13(17)22-6-10(16)23-11-8-4-9-12(11)24-25(19,20)15(9,5-8)14(18)21-3;1-6(2)14(17)22-5-9(16)23-11-7-4-8-12(11)24-25(19,20)13(8)10(7)15(18)21-3;1-7(2)13(17)20-5-10(16)21-11-8-3-9-12(11)22-23(18,19)14(9,4-8)6-15;1-6(2)14(17)20-5-10(16)21-11-7-3-8-12(11)22-23(18,19)13(8)9(7)4-15/h13,15-16H,1,5-9H2,2-4H3;8-9,11-12H,1,4-6H2,2-3H3;7-8,10-13H,1,4-5H2,2-3H3;8-9,11-12H,1,3-5H2,2H3;7-9,11-13H,1,3,5H2,2H3. The van der Waals surface area contributed by atoms with E-state index >= 15 is 0 Å². The van der Waals surface area contributed by atoms with E-state index in [0.717, 1.165) is 7.11 Å². The van der Waals surface area contributed by atoms with E-state index in [1.165, 1.54) is 55.6 Å². The van der Waals surface area contributed by atoms with Crippen molar-refractivity contribution in [3.05, 3.63) is 60.8 Å². The number of carbonyl (C=O) groups excluding carboxylic acids is 14. The van der Waals surface area contributed by atoms with Crippen LogP contribution < -0.4 is 0 Å². The van der Waals surface area contributed by atoms with Crippen LogP contribution in [-0.2, 0) is 205 Å². The maximum atomic E-state index is 12.6. The summed E-state index contributed by atoms with van der Waals surface area (Å²) in [6.45, 7) is 22.9. The van der Waals surface area contributed by atoms with Gasteiger partial charge in [0.25, 0.3) is 50.6 Å². The van der Waals surface area contributed by atoms with E-state index in [4.69, 9.17) is 82.5 Å². The van der Waals surface area contributed by atoms with E-state index in [2.05, 4.69) is 37.6 Å². The Kier molecular flexibility index (Phi) is 27.6. The Morgan fingerprint density at radius 1 is 0.417 bits per heavy atom. The van der Waals surface area contributed by atoms with Crippen molar-refractivity contribution >= 4 is 134 Å². The van der Waals surface area contributed by atoms with Gasteiger partial charge in [-0.3, -0.25) is 40.1 Å². The van der Waals surface area contributed by atoms with Crippen LogP contribution in [0.15, 0.2) is 60.8 Å². The molecule has 0 N–H and O–H groups in total. The summed E-state index contributed by atoms with van der Waals surface area (Å²) in [6.07, 6.45) is -6.95. The molecule has 27 atom stereocenters. The van der Waals surface area contributed by atoms with Gasteiger partial charge in [0.15, 0.2) is 42.5 Å². The number of ether oxygens (including phenoxy) is 14. The fourth-order valence-corrected chi connectivity index (χ4v) is 30.3. The molecule has 15 fully saturated rings. The van der Waals surface area contributed by atoms with Crippen LogP contribution >= 0.6 is 0 Å². The number of nitrogens with zero attached hydrogens (tertiary/aromatic N) is 2. The van der Waals surface area contributed by atoms with Crippen LogP contribution in [0, 0.1) is 92.7 Å². The van der Waals surface area contributed by atoms with Crippen molar-refractivity contribution in [3.63, 3.8) is 0 Å². The Hall–Kier alpha value is -10.2. The summed E-state index contributed by atoms with van der Waals surface area (Å²) in [5.74, 6) is -15.6. The lowest BCUT2D eigenvalue weighted by atomic mass is 9.77. The van der Waals surface area contributed by atoms with E-state index in [-0.39, 0.29) is 90.4 Å². The van der Waals surface area contributed by atoms with Gasteiger partial charge in [0.1, 0.15) is 84.8 Å². The molecule has 10 bridgehead atoms. The molecule has 45 nitrogen and oxygen atoms in total. The zero-order chi connectivity index (χ0) is 94.2. The molecule has 5 aliphatic heterocycles. The van der Waals surface area contributed by atoms with Gasteiger partial charge in [-0.15, -0.1) is 0 Å². The van der Waals surface area contributed by atoms with Gasteiger partial charge in [-0.2, -0.15) is 52.6 Å². The number of fused-ring (bicyclic) bond motifs is 5. The molecule has 5 heterocycles. The van der Waals surface area contributed by atoms with E-state index in [1.54, 1.807) is 0 Å². The molecular formula is C77H90N2O43S5. The topological polar surface area (TPSA) is 633 Å². The van der Waals surface area contributed by atoms with E-state index in [9.17, 15) is 120 Å². The molecule has 10 saturated carbocycles. The van der Waals surface area contributed by atoms with Crippen molar-refractivity contribution in [2.45, 2.75) is 186 Å². The highest BCUT2D eigenvalue weighted by Gasteiger charge is 2.82. The van der Waals surface area contributed by atoms with Gasteiger partial charge in [0.05, 0.1) is 48.9 Å². The summed E-state index contributed by atoms with van der Waals surface area (Å²) in [5.41, 5.74) is -1.54. The Labute approximate surface area is 726 Å². The molecule has 0 spiro atoms. The molecule has 127 heavy (non-hydrogen) atoms. The second-order valence-electron chi connectivity index (χ2n) is 33.4. The Morgan fingerprint density at radius 3 is 1.26 bits per heavy atom. The number of hydrogen-bond donors (Lipinski definition) is 0. The number of esters is 14. The monoisotopic (exact) mass is 1890 g/mol. The van der Waals surface area contributed by atoms with Crippen molar-refractivity contribution in [1.82, 2.24) is 0 Å². The summed E-state index contributed by atoms with van der Waals surface area (Å²) in [6, 6.07) is 3.88. The normalized spacial score (nSPS) is 36.8. The van der Waals surface area contributed by atoms with Gasteiger partial charge in [0, 0.05) is 94.5 Å². The Bertz CT molecular complexity index is 5420. The molecule has 0 radical (unpaired) electrons. The van der Waals surface area contributed by atoms with Gasteiger partial charge in [-0.25, -0.2) is 47.9 Å². The molecular weight excluding hydrogens is 1800 g/mol. The molecule has 15 aliphatic rings. The van der Waals surface area contributed by atoms with E-state index < -0.39 is 300 Å². The maximum Gasteiger partial charge on any atom is 0.344 e. The lowest BCUT2D eigenvalue weighted by molar-refractivity contribution is -0.176. The fourth-order valence-electron chi connectivity index (χ4n) is 20.3. The third-order valence-corrected chi connectivity index (χ3v) is 34.6. The zero-order valence-electron chi connectivity index (χ0n) is 69.4. The minimum absolute atomic E-state index is 0.0100. The average molecular weight is 1890 g/mol. The molecule has 0 aromatic heterocycles. The van der Waals surface area contributed by atoms with E-state index in [1.807, 2.05) is 12.1 Å². The highest BCUT2D eigenvalue weighted by atomic mass is 32.2. The van der Waals surface area contributed by atoms with Crippen LogP contribution in [0.5, 0.6) is 0 Å². The number of rotatable bonds is 26. The Morgan fingerprint density at radius 2 is 0.819 bits per heavy atom. The first-order valence-electron chi connectivity index (χ1n) is 39.1. The third kappa shape index (κ3) is 17.9. The van der Waals surface area contributed by atoms with Crippen molar-refractivity contribution in [2.24, 2.45) is 70.0 Å². The zero-order valence-corrected chi connectivity index (χ0v) is 73.5. The minimum atomic E-state index is -4.17. The molecule has 10 aliphatic carbocycles. The van der Waals surface area contributed by atoms with Gasteiger partial charge < -0.3 is 66.3 Å². The van der Waals surface area contributed by atoms with Crippen molar-refractivity contribution < 1.29 is 196 Å². The predicted octanol–water partition coefficient (Wildman–Crippen LogP) is -0.775. The molecule has 50 heteroatoms. The smallest absolute Gasteiger partial charge is 0.344 e. The van der Waals surface area contributed by atoms with Gasteiger partial charge in [0.2, 0.25) is 0 Å². The lowest BCUT2D eigenvalue weighted by Crippen LogP contribution is -2.51. The fraction of sp³-hybridized carbons (Fsp3) is 0.662. The molecule has 5 saturated heterocycles. The maximum absolute atomic E-state index is 12.6. The summed E-state index contributed by atoms with van der Waals surface area (Å²) in [7, 11) is -17.7.